The van der Waals surface area contributed by atoms with E-state index in [9.17, 15) is 0 Å². The molecule has 0 N–H and O–H groups in total. The van der Waals surface area contributed by atoms with E-state index in [-0.39, 0.29) is 20.1 Å². The minimum atomic E-state index is -1.35. The second kappa shape index (κ2) is 16.3. The minimum Gasteiger partial charge on any atom is -0.486 e. The Bertz CT molecular complexity index is 2010. The molecular weight excluding hydrogens is 807 g/mol. The van der Waals surface area contributed by atoms with Gasteiger partial charge in [0, 0.05) is 44.1 Å². The fraction of sp³-hybridized carbons (Fsp3) is 0.386. The fourth-order valence-corrected chi connectivity index (χ4v) is 9.70. The van der Waals surface area contributed by atoms with E-state index in [1.165, 1.54) is 69.8 Å². The van der Waals surface area contributed by atoms with E-state index >= 15 is 0 Å². The molecule has 2 aliphatic rings. The molecule has 6 aromatic rings. The van der Waals surface area contributed by atoms with Crippen LogP contribution in [-0.4, -0.2) is 23.0 Å². The van der Waals surface area contributed by atoms with Gasteiger partial charge in [-0.25, -0.2) is 4.98 Å². The predicted octanol–water partition coefficient (Wildman–Crippen LogP) is 11.4. The molecule has 6 heteroatoms. The zero-order chi connectivity index (χ0) is 33.8. The summed E-state index contributed by atoms with van der Waals surface area (Å²) < 4.78 is 6.07. The smallest absolute Gasteiger partial charge is 0.216 e. The Balaban J connectivity index is 0.000000173. The van der Waals surface area contributed by atoms with E-state index in [0.717, 1.165) is 50.7 Å². The van der Waals surface area contributed by atoms with Crippen LogP contribution in [0, 0.1) is 24.0 Å². The molecule has 0 saturated heterocycles. The number of hydrogen-bond donors (Lipinski definition) is 0. The van der Waals surface area contributed by atoms with Crippen molar-refractivity contribution < 1.29 is 24.5 Å². The first kappa shape index (κ1) is 36.4. The van der Waals surface area contributed by atoms with Gasteiger partial charge in [0.15, 0.2) is 0 Å². The molecule has 261 valence electrons. The number of pyridine rings is 3. The summed E-state index contributed by atoms with van der Waals surface area (Å²) in [5.41, 5.74) is 8.44. The van der Waals surface area contributed by atoms with Crippen molar-refractivity contribution in [2.24, 2.45) is 11.8 Å². The molecule has 1 atom stereocenters. The Morgan fingerprint density at radius 3 is 2.34 bits per heavy atom. The quantitative estimate of drug-likeness (QED) is 0.119. The summed E-state index contributed by atoms with van der Waals surface area (Å²) in [5.74, 6) is 2.22. The first-order valence-corrected chi connectivity index (χ1v) is 22.0. The van der Waals surface area contributed by atoms with Gasteiger partial charge in [0.2, 0.25) is 5.71 Å². The summed E-state index contributed by atoms with van der Waals surface area (Å²) in [6.07, 6.45) is 19.5. The fourth-order valence-electron chi connectivity index (χ4n) is 8.11. The van der Waals surface area contributed by atoms with Crippen LogP contribution in [0.3, 0.4) is 0 Å². The molecule has 1 radical (unpaired) electrons. The zero-order valence-corrected chi connectivity index (χ0v) is 33.4. The second-order valence-corrected chi connectivity index (χ2v) is 20.4. The number of fused-ring (bicyclic) bond motifs is 3. The van der Waals surface area contributed by atoms with Crippen LogP contribution < -0.4 is 5.19 Å². The average Bonchev–Trinajstić information content (AvgIpc) is 3.80. The molecule has 2 aromatic carbocycles. The molecule has 0 bridgehead atoms. The largest absolute Gasteiger partial charge is 0.486 e. The molecule has 4 aromatic heterocycles. The van der Waals surface area contributed by atoms with E-state index in [0.29, 0.717) is 11.6 Å². The van der Waals surface area contributed by atoms with Crippen molar-refractivity contribution in [3.8, 4) is 22.5 Å². The van der Waals surface area contributed by atoms with Gasteiger partial charge >= 0.3 is 0 Å². The molecule has 2 aliphatic carbocycles. The van der Waals surface area contributed by atoms with Gasteiger partial charge in [0.25, 0.3) is 0 Å². The Kier molecular flexibility index (Phi) is 11.8. The van der Waals surface area contributed by atoms with Crippen LogP contribution >= 0.6 is 0 Å². The van der Waals surface area contributed by atoms with Crippen LogP contribution in [0.5, 0.6) is 0 Å². The first-order valence-electron chi connectivity index (χ1n) is 18.5. The average molecular weight is 856 g/mol. The number of hydrogen-bond acceptors (Lipinski definition) is 4. The summed E-state index contributed by atoms with van der Waals surface area (Å²) in [5, 5.41) is 3.65. The van der Waals surface area contributed by atoms with E-state index in [1.54, 1.807) is 16.9 Å². The normalized spacial score (nSPS) is 16.2. The van der Waals surface area contributed by atoms with Crippen LogP contribution in [0.1, 0.15) is 81.8 Å². The van der Waals surface area contributed by atoms with Crippen LogP contribution in [0.4, 0.5) is 0 Å². The maximum Gasteiger partial charge on any atom is 0.216 e. The SMILES string of the molecule is CC(c1ccnc(-c2[c-]ccc3c2oc2ncccc23)c1)C1CCCCC1.C[Si](C)(C)c1cnc(-c2[c-]cccc2)cc1CC1CCCC1.[Ir]. The standard InChI is InChI=1S/C24H23N2O.C20H26NSi.Ir/c1-16(17-7-3-2-4-8-17)18-12-14-25-22(15-18)21-10-5-9-19-20-11-6-13-26-24(20)27-23(19)21;1-22(2,3)20-15-21-19(17-11-5-4-6-12-17)14-18(20)13-16-9-7-8-10-16;/h5-6,9,11-17H,2-4,7-8H2,1H3;4-6,11,14-16H,7-10,13H2,1-3H3;/q2*-1;. The maximum atomic E-state index is 6.07. The van der Waals surface area contributed by atoms with Crippen LogP contribution in [0.2, 0.25) is 19.6 Å². The third kappa shape index (κ3) is 8.20. The van der Waals surface area contributed by atoms with Crippen LogP contribution in [0.15, 0.2) is 89.7 Å². The molecule has 2 fully saturated rings. The molecule has 0 amide bonds. The van der Waals surface area contributed by atoms with Crippen molar-refractivity contribution in [2.75, 3.05) is 0 Å². The van der Waals surface area contributed by atoms with Crippen molar-refractivity contribution in [1.82, 2.24) is 15.0 Å². The van der Waals surface area contributed by atoms with E-state index in [4.69, 9.17) is 9.40 Å². The Morgan fingerprint density at radius 1 is 0.780 bits per heavy atom. The van der Waals surface area contributed by atoms with Crippen molar-refractivity contribution in [2.45, 2.75) is 96.7 Å². The van der Waals surface area contributed by atoms with E-state index < -0.39 is 8.07 Å². The minimum absolute atomic E-state index is 0. The Hall–Kier alpha value is -3.44. The summed E-state index contributed by atoms with van der Waals surface area (Å²) in [4.78, 5) is 13.8. The van der Waals surface area contributed by atoms with Crippen LogP contribution in [0.25, 0.3) is 44.6 Å². The molecular formula is C44H49IrN3OSi-2. The molecule has 2 saturated carbocycles. The number of benzene rings is 2. The summed E-state index contributed by atoms with van der Waals surface area (Å²) in [6.45, 7) is 9.65. The van der Waals surface area contributed by atoms with Crippen molar-refractivity contribution in [1.29, 1.82) is 0 Å². The molecule has 4 heterocycles. The van der Waals surface area contributed by atoms with Gasteiger partial charge in [0.1, 0.15) is 0 Å². The summed E-state index contributed by atoms with van der Waals surface area (Å²) in [7, 11) is -1.35. The molecule has 8 rings (SSSR count). The van der Waals surface area contributed by atoms with Gasteiger partial charge in [-0.15, -0.1) is 54.1 Å². The monoisotopic (exact) mass is 856 g/mol. The molecule has 4 nitrogen and oxygen atoms in total. The van der Waals surface area contributed by atoms with Gasteiger partial charge < -0.3 is 14.4 Å². The van der Waals surface area contributed by atoms with Crippen molar-refractivity contribution in [3.05, 3.63) is 109 Å². The Labute approximate surface area is 312 Å². The van der Waals surface area contributed by atoms with E-state index in [2.05, 4.69) is 85.2 Å². The number of furan rings is 1. The summed E-state index contributed by atoms with van der Waals surface area (Å²) >= 11 is 0. The topological polar surface area (TPSA) is 51.8 Å². The maximum absolute atomic E-state index is 6.07. The zero-order valence-electron chi connectivity index (χ0n) is 30.0. The molecule has 1 unspecified atom stereocenters. The van der Waals surface area contributed by atoms with Crippen molar-refractivity contribution >= 4 is 35.3 Å². The first-order chi connectivity index (χ1) is 23.8. The summed E-state index contributed by atoms with van der Waals surface area (Å²) in [6, 6.07) is 29.6. The molecule has 0 aliphatic heterocycles. The van der Waals surface area contributed by atoms with Crippen LogP contribution in [-0.2, 0) is 26.5 Å². The predicted molar refractivity (Wildman–Crippen MR) is 206 cm³/mol. The number of rotatable bonds is 7. The van der Waals surface area contributed by atoms with E-state index in [1.807, 2.05) is 42.6 Å². The third-order valence-electron chi connectivity index (χ3n) is 10.9. The third-order valence-corrected chi connectivity index (χ3v) is 13.0. The van der Waals surface area contributed by atoms with Gasteiger partial charge in [-0.05, 0) is 71.8 Å². The van der Waals surface area contributed by atoms with Crippen molar-refractivity contribution in [3.63, 3.8) is 0 Å². The number of aromatic nitrogens is 3. The molecule has 0 spiro atoms. The van der Waals surface area contributed by atoms with Gasteiger partial charge in [-0.1, -0.05) is 106 Å². The molecule has 50 heavy (non-hydrogen) atoms. The van der Waals surface area contributed by atoms with Gasteiger partial charge in [-0.2, -0.15) is 0 Å². The van der Waals surface area contributed by atoms with Gasteiger partial charge in [-0.3, -0.25) is 0 Å². The van der Waals surface area contributed by atoms with Gasteiger partial charge in [0.05, 0.1) is 13.7 Å². The number of nitrogens with zero attached hydrogens (tertiary/aromatic N) is 3. The second-order valence-electron chi connectivity index (χ2n) is 15.3. The Morgan fingerprint density at radius 2 is 1.58 bits per heavy atom.